The summed E-state index contributed by atoms with van der Waals surface area (Å²) >= 11 is 0. The van der Waals surface area contributed by atoms with Crippen molar-refractivity contribution in [2.45, 2.75) is 30.7 Å². The molecule has 1 atom stereocenters. The zero-order valence-corrected chi connectivity index (χ0v) is 13.9. The predicted molar refractivity (Wildman–Crippen MR) is 84.2 cm³/mol. The van der Waals surface area contributed by atoms with Crippen molar-refractivity contribution in [2.75, 3.05) is 19.5 Å². The number of benzene rings is 1. The Balaban J connectivity index is 3.07. The van der Waals surface area contributed by atoms with E-state index in [2.05, 4.69) is 5.32 Å². The van der Waals surface area contributed by atoms with Gasteiger partial charge in [0.25, 0.3) is 5.91 Å². The van der Waals surface area contributed by atoms with E-state index in [1.54, 1.807) is 6.92 Å². The first-order valence-corrected chi connectivity index (χ1v) is 8.83. The van der Waals surface area contributed by atoms with Crippen LogP contribution in [0.3, 0.4) is 0 Å². The summed E-state index contributed by atoms with van der Waals surface area (Å²) in [5.74, 6) is -2.02. The molecule has 1 aromatic carbocycles. The number of methoxy groups -OCH3 is 1. The van der Waals surface area contributed by atoms with Gasteiger partial charge in [-0.3, -0.25) is 4.79 Å². The van der Waals surface area contributed by atoms with Crippen LogP contribution in [0.4, 0.5) is 0 Å². The third kappa shape index (κ3) is 5.33. The van der Waals surface area contributed by atoms with Crippen LogP contribution < -0.4 is 5.32 Å². The van der Waals surface area contributed by atoms with Gasteiger partial charge in [-0.15, -0.1) is 0 Å². The smallest absolute Gasteiger partial charge is 0.326 e. The zero-order chi connectivity index (χ0) is 17.5. The normalized spacial score (nSPS) is 12.6. The second-order valence-electron chi connectivity index (χ2n) is 4.96. The van der Waals surface area contributed by atoms with Crippen LogP contribution in [0.5, 0.6) is 0 Å². The second-order valence-corrected chi connectivity index (χ2v) is 7.04. The first-order valence-electron chi connectivity index (χ1n) is 7.17. The fourth-order valence-corrected chi connectivity index (χ4v) is 3.57. The highest BCUT2D eigenvalue weighted by atomic mass is 32.2. The minimum Gasteiger partial charge on any atom is -0.480 e. The van der Waals surface area contributed by atoms with E-state index in [1.807, 2.05) is 0 Å². The van der Waals surface area contributed by atoms with Crippen molar-refractivity contribution >= 4 is 21.7 Å². The Morgan fingerprint density at radius 1 is 1.30 bits per heavy atom. The monoisotopic (exact) mass is 343 g/mol. The van der Waals surface area contributed by atoms with Crippen molar-refractivity contribution in [1.29, 1.82) is 0 Å². The Labute approximate surface area is 135 Å². The molecule has 8 heteroatoms. The zero-order valence-electron chi connectivity index (χ0n) is 13.1. The third-order valence-electron chi connectivity index (χ3n) is 3.15. The third-order valence-corrected chi connectivity index (χ3v) is 5.13. The van der Waals surface area contributed by atoms with Gasteiger partial charge in [-0.2, -0.15) is 0 Å². The SMILES string of the molecule is CCCS(=O)(=O)c1ccccc1C(=O)NC(CCOC)C(=O)O. The van der Waals surface area contributed by atoms with Crippen LogP contribution in [0, 0.1) is 0 Å². The number of carboxylic acids is 1. The fraction of sp³-hybridized carbons (Fsp3) is 0.467. The number of ether oxygens (including phenoxy) is 1. The summed E-state index contributed by atoms with van der Waals surface area (Å²) in [4.78, 5) is 23.4. The number of rotatable bonds is 9. The van der Waals surface area contributed by atoms with E-state index in [-0.39, 0.29) is 29.2 Å². The lowest BCUT2D eigenvalue weighted by atomic mass is 10.1. The summed E-state index contributed by atoms with van der Waals surface area (Å²) < 4.78 is 29.3. The second kappa shape index (κ2) is 8.64. The van der Waals surface area contributed by atoms with Crippen LogP contribution in [-0.2, 0) is 19.4 Å². The Morgan fingerprint density at radius 3 is 2.52 bits per heavy atom. The van der Waals surface area contributed by atoms with Gasteiger partial charge < -0.3 is 15.2 Å². The van der Waals surface area contributed by atoms with Crippen LogP contribution in [0.15, 0.2) is 29.2 Å². The summed E-state index contributed by atoms with van der Waals surface area (Å²) in [6.45, 7) is 1.89. The van der Waals surface area contributed by atoms with Crippen LogP contribution >= 0.6 is 0 Å². The van der Waals surface area contributed by atoms with E-state index in [9.17, 15) is 18.0 Å². The maximum atomic E-state index is 12.3. The topological polar surface area (TPSA) is 110 Å². The number of hydrogen-bond donors (Lipinski definition) is 2. The molecule has 0 saturated carbocycles. The molecule has 1 unspecified atom stereocenters. The highest BCUT2D eigenvalue weighted by molar-refractivity contribution is 7.91. The van der Waals surface area contributed by atoms with E-state index in [1.165, 1.54) is 31.4 Å². The number of carbonyl (C=O) groups is 2. The molecule has 1 aromatic rings. The lowest BCUT2D eigenvalue weighted by Gasteiger charge is -2.15. The molecule has 7 nitrogen and oxygen atoms in total. The lowest BCUT2D eigenvalue weighted by molar-refractivity contribution is -0.139. The lowest BCUT2D eigenvalue weighted by Crippen LogP contribution is -2.42. The van der Waals surface area contributed by atoms with E-state index >= 15 is 0 Å². The Hall–Kier alpha value is -1.93. The summed E-state index contributed by atoms with van der Waals surface area (Å²) in [6.07, 6.45) is 0.505. The molecule has 0 spiro atoms. The number of sulfone groups is 1. The van der Waals surface area contributed by atoms with Gasteiger partial charge in [-0.05, 0) is 18.6 Å². The average molecular weight is 343 g/mol. The molecule has 0 radical (unpaired) electrons. The van der Waals surface area contributed by atoms with E-state index < -0.39 is 27.8 Å². The van der Waals surface area contributed by atoms with Crippen molar-refractivity contribution < 1.29 is 27.9 Å². The van der Waals surface area contributed by atoms with Crippen LogP contribution in [0.1, 0.15) is 30.1 Å². The number of nitrogens with one attached hydrogen (secondary N) is 1. The van der Waals surface area contributed by atoms with Gasteiger partial charge in [-0.25, -0.2) is 13.2 Å². The quantitative estimate of drug-likeness (QED) is 0.694. The van der Waals surface area contributed by atoms with Crippen molar-refractivity contribution in [1.82, 2.24) is 5.32 Å². The Bertz CT molecular complexity index is 656. The van der Waals surface area contributed by atoms with Gasteiger partial charge in [-0.1, -0.05) is 19.1 Å². The number of aliphatic carboxylic acids is 1. The highest BCUT2D eigenvalue weighted by Gasteiger charge is 2.25. The van der Waals surface area contributed by atoms with E-state index in [0.29, 0.717) is 6.42 Å². The molecule has 0 aliphatic rings. The van der Waals surface area contributed by atoms with Gasteiger partial charge >= 0.3 is 5.97 Å². The minimum atomic E-state index is -3.59. The maximum absolute atomic E-state index is 12.3. The first-order chi connectivity index (χ1) is 10.8. The van der Waals surface area contributed by atoms with Gasteiger partial charge in [0.2, 0.25) is 0 Å². The molecule has 0 bridgehead atoms. The molecule has 0 heterocycles. The molecule has 128 valence electrons. The van der Waals surface area contributed by atoms with Crippen LogP contribution in [0.25, 0.3) is 0 Å². The average Bonchev–Trinajstić information content (AvgIpc) is 2.50. The van der Waals surface area contributed by atoms with Crippen molar-refractivity contribution in [3.63, 3.8) is 0 Å². The maximum Gasteiger partial charge on any atom is 0.326 e. The molecule has 0 fully saturated rings. The molecule has 23 heavy (non-hydrogen) atoms. The molecule has 0 aliphatic carbocycles. The molecule has 1 rings (SSSR count). The Kier molecular flexibility index (Phi) is 7.18. The number of carboxylic acid groups (broad SMARTS) is 1. The van der Waals surface area contributed by atoms with Gasteiger partial charge in [0.1, 0.15) is 6.04 Å². The summed E-state index contributed by atoms with van der Waals surface area (Å²) in [7, 11) is -2.17. The molecular weight excluding hydrogens is 322 g/mol. The number of hydrogen-bond acceptors (Lipinski definition) is 5. The molecular formula is C15H21NO6S. The van der Waals surface area contributed by atoms with Crippen LogP contribution in [0.2, 0.25) is 0 Å². The summed E-state index contributed by atoms with van der Waals surface area (Å²) in [5, 5.41) is 11.5. The summed E-state index contributed by atoms with van der Waals surface area (Å²) in [5.41, 5.74) is -0.0513. The van der Waals surface area contributed by atoms with Crippen molar-refractivity contribution in [2.24, 2.45) is 0 Å². The van der Waals surface area contributed by atoms with Gasteiger partial charge in [0.15, 0.2) is 9.84 Å². The van der Waals surface area contributed by atoms with E-state index in [4.69, 9.17) is 9.84 Å². The predicted octanol–water partition coefficient (Wildman–Crippen LogP) is 1.09. The molecule has 0 aliphatic heterocycles. The highest BCUT2D eigenvalue weighted by Crippen LogP contribution is 2.18. The first kappa shape index (κ1) is 19.1. The number of amides is 1. The minimum absolute atomic E-state index is 0.0513. The van der Waals surface area contributed by atoms with Gasteiger partial charge in [0.05, 0.1) is 16.2 Å². The largest absolute Gasteiger partial charge is 0.480 e. The van der Waals surface area contributed by atoms with Crippen molar-refractivity contribution in [3.8, 4) is 0 Å². The fourth-order valence-electron chi connectivity index (χ4n) is 2.03. The standard InChI is InChI=1S/C15H21NO6S/c1-3-10-23(20,21)13-7-5-4-6-11(13)14(17)16-12(15(18)19)8-9-22-2/h4-7,12H,3,8-10H2,1-2H3,(H,16,17)(H,18,19). The van der Waals surface area contributed by atoms with Crippen molar-refractivity contribution in [3.05, 3.63) is 29.8 Å². The van der Waals surface area contributed by atoms with E-state index in [0.717, 1.165) is 0 Å². The molecule has 2 N–H and O–H groups in total. The number of carbonyl (C=O) groups excluding carboxylic acids is 1. The molecule has 0 saturated heterocycles. The molecule has 1 amide bonds. The van der Waals surface area contributed by atoms with Crippen LogP contribution in [-0.4, -0.2) is 50.9 Å². The molecule has 0 aromatic heterocycles. The summed E-state index contributed by atoms with van der Waals surface area (Å²) in [6, 6.07) is 4.63. The Morgan fingerprint density at radius 2 is 1.96 bits per heavy atom. The van der Waals surface area contributed by atoms with Gasteiger partial charge in [0, 0.05) is 20.1 Å².